The van der Waals surface area contributed by atoms with Gasteiger partial charge in [0.1, 0.15) is 11.5 Å². The molecule has 0 fully saturated rings. The number of rotatable bonds is 5. The number of ether oxygens (including phenoxy) is 1. The molecule has 3 aromatic rings. The Hall–Kier alpha value is -2.65. The third-order valence-electron chi connectivity index (χ3n) is 5.44. The summed E-state index contributed by atoms with van der Waals surface area (Å²) in [6.45, 7) is 15.2. The smallest absolute Gasteiger partial charge is 0.138 e. The van der Waals surface area contributed by atoms with Gasteiger partial charge < -0.3 is 4.74 Å². The van der Waals surface area contributed by atoms with Gasteiger partial charge in [-0.25, -0.2) is 11.6 Å². The van der Waals surface area contributed by atoms with Crippen molar-refractivity contribution in [1.82, 2.24) is 0 Å². The molecule has 0 aromatic heterocycles. The molecule has 1 aliphatic rings. The van der Waals surface area contributed by atoms with Crippen LogP contribution < -0.4 is 4.74 Å². The summed E-state index contributed by atoms with van der Waals surface area (Å²) in [5, 5.41) is 0. The zero-order valence-electron chi connectivity index (χ0n) is 24.1. The van der Waals surface area contributed by atoms with Crippen LogP contribution in [0.2, 0.25) is 13.1 Å². The Bertz CT molecular complexity index is 1180. The predicted octanol–water partition coefficient (Wildman–Crippen LogP) is 9.76. The molecule has 0 saturated carbocycles. The number of aryl methyl sites for hydroxylation is 1. The van der Waals surface area contributed by atoms with Crippen molar-refractivity contribution in [3.63, 3.8) is 0 Å². The fraction of sp³-hybridized carbons (Fsp3) is 0.257. The van der Waals surface area contributed by atoms with Gasteiger partial charge in [0.2, 0.25) is 0 Å². The van der Waals surface area contributed by atoms with E-state index < -0.39 is 0 Å². The minimum atomic E-state index is -0.0822. The molecule has 1 aliphatic carbocycles. The van der Waals surface area contributed by atoms with Crippen LogP contribution in [0.3, 0.4) is 0 Å². The fourth-order valence-electron chi connectivity index (χ4n) is 3.50. The Kier molecular flexibility index (Phi) is 15.6. The van der Waals surface area contributed by atoms with Crippen molar-refractivity contribution >= 4 is 21.4 Å². The van der Waals surface area contributed by atoms with Gasteiger partial charge in [0.25, 0.3) is 0 Å². The zero-order chi connectivity index (χ0) is 27.1. The molecule has 1 radical (unpaired) electrons. The van der Waals surface area contributed by atoms with Gasteiger partial charge in [0.05, 0.1) is 0 Å². The predicted molar refractivity (Wildman–Crippen MR) is 165 cm³/mol. The number of hydrogen-bond donors (Lipinski definition) is 0. The van der Waals surface area contributed by atoms with Crippen LogP contribution in [-0.4, -0.2) is 9.52 Å². The summed E-state index contributed by atoms with van der Waals surface area (Å²) in [7, 11) is 0.750. The molecule has 0 saturated heterocycles. The van der Waals surface area contributed by atoms with E-state index in [9.17, 15) is 0 Å². The van der Waals surface area contributed by atoms with Gasteiger partial charge in [-0.15, -0.1) is 6.42 Å². The van der Waals surface area contributed by atoms with Crippen LogP contribution in [0.5, 0.6) is 5.75 Å². The second-order valence-corrected chi connectivity index (χ2v) is 11.2. The van der Waals surface area contributed by atoms with Gasteiger partial charge in [-0.05, 0) is 30.0 Å². The van der Waals surface area contributed by atoms with E-state index in [-0.39, 0.29) is 27.1 Å². The van der Waals surface area contributed by atoms with Crippen molar-refractivity contribution in [2.75, 3.05) is 0 Å². The number of para-hydroxylation sites is 1. The van der Waals surface area contributed by atoms with Crippen molar-refractivity contribution in [2.24, 2.45) is 5.41 Å². The minimum absolute atomic E-state index is 0. The largest absolute Gasteiger partial charge is 0.456 e. The Balaban J connectivity index is 0.000000616. The van der Waals surface area contributed by atoms with Gasteiger partial charge in [0, 0.05) is 42.4 Å². The maximum absolute atomic E-state index is 6.43. The zero-order valence-corrected chi connectivity index (χ0v) is 26.8. The van der Waals surface area contributed by atoms with E-state index in [1.54, 1.807) is 0 Å². The van der Waals surface area contributed by atoms with Crippen LogP contribution in [-0.2, 0) is 21.7 Å². The van der Waals surface area contributed by atoms with Gasteiger partial charge in [-0.3, -0.25) is 6.08 Å². The number of allylic oxidation sites excluding steroid dienone is 6. The molecule has 0 aliphatic heterocycles. The fourth-order valence-corrected chi connectivity index (χ4v) is 3.50. The molecule has 0 bridgehead atoms. The van der Waals surface area contributed by atoms with Crippen LogP contribution in [0.1, 0.15) is 50.8 Å². The van der Waals surface area contributed by atoms with E-state index in [0.717, 1.165) is 38.6 Å². The van der Waals surface area contributed by atoms with Crippen LogP contribution in [0.4, 0.5) is 0 Å². The maximum atomic E-state index is 6.43. The molecule has 197 valence electrons. The summed E-state index contributed by atoms with van der Waals surface area (Å²) >= 11 is 0. The second-order valence-electron chi connectivity index (χ2n) is 10.1. The number of hydrogen-bond acceptors (Lipinski definition) is 1. The van der Waals surface area contributed by atoms with Crippen molar-refractivity contribution in [2.45, 2.75) is 54.1 Å². The normalized spacial score (nSPS) is 12.8. The molecule has 0 unspecified atom stereocenters. The van der Waals surface area contributed by atoms with Crippen molar-refractivity contribution in [3.8, 4) is 5.75 Å². The summed E-state index contributed by atoms with van der Waals surface area (Å²) in [4.78, 5) is 0. The molecule has 0 spiro atoms. The second kappa shape index (κ2) is 17.8. The van der Waals surface area contributed by atoms with Crippen LogP contribution >= 0.6 is 0 Å². The summed E-state index contributed by atoms with van der Waals surface area (Å²) < 4.78 is 6.43. The van der Waals surface area contributed by atoms with E-state index in [4.69, 9.17) is 4.74 Å². The van der Waals surface area contributed by atoms with E-state index in [0.29, 0.717) is 0 Å². The van der Waals surface area contributed by atoms with Gasteiger partial charge in [-0.2, -0.15) is 6.08 Å². The Morgan fingerprint density at radius 2 is 1.39 bits per heavy atom. The van der Waals surface area contributed by atoms with Gasteiger partial charge in [-0.1, -0.05) is 131 Å². The third-order valence-corrected chi connectivity index (χ3v) is 5.44. The van der Waals surface area contributed by atoms with Crippen LogP contribution in [0.15, 0.2) is 114 Å². The first-order valence-corrected chi connectivity index (χ1v) is 15.3. The van der Waals surface area contributed by atoms with E-state index in [1.807, 2.05) is 48.5 Å². The molecular weight excluding hydrogens is 512 g/mol. The van der Waals surface area contributed by atoms with Gasteiger partial charge >= 0.3 is 0 Å². The average molecular weight is 555 g/mol. The first-order valence-electron chi connectivity index (χ1n) is 13.0. The first-order chi connectivity index (χ1) is 17.7. The van der Waals surface area contributed by atoms with E-state index in [1.165, 1.54) is 16.7 Å². The molecule has 38 heavy (non-hydrogen) atoms. The van der Waals surface area contributed by atoms with Crippen molar-refractivity contribution < 1.29 is 26.5 Å². The third kappa shape index (κ3) is 12.3. The minimum Gasteiger partial charge on any atom is -0.456 e. The molecule has 1 nitrogen and oxygen atoms in total. The Morgan fingerprint density at radius 1 is 0.842 bits per heavy atom. The average Bonchev–Trinajstić information content (AvgIpc) is 3.37. The molecule has 0 amide bonds. The Morgan fingerprint density at radius 3 is 1.84 bits per heavy atom. The Labute approximate surface area is 249 Å². The SMILES string of the molecule is CC1=[C-]CC=C1.C[SiH]C.Cc1ccc(C=CC(=C(Oc2ccccc2)c2ccccc2)C(C)(C)C)cc1.[Ti]. The molecule has 0 N–H and O–H groups in total. The summed E-state index contributed by atoms with van der Waals surface area (Å²) in [6, 6.07) is 28.9. The summed E-state index contributed by atoms with van der Waals surface area (Å²) in [5.41, 5.74) is 5.87. The first kappa shape index (κ1) is 33.4. The molecule has 3 heteroatoms. The quantitative estimate of drug-likeness (QED) is 0.132. The van der Waals surface area contributed by atoms with Crippen LogP contribution in [0.25, 0.3) is 11.8 Å². The standard InChI is InChI=1S/C27H28O.C6H7.C2H7Si.Ti/c1-21-15-17-22(18-16-21)19-20-25(27(2,3)4)26(23-11-7-5-8-12-23)28-24-13-9-6-10-14-24;1-6-4-2-3-5-6;1-3-2;/h5-20H,1-4H3;2,4H,3H2,1H3;3H,1-2H3;/q;-1;;. The van der Waals surface area contributed by atoms with Crippen molar-refractivity contribution in [3.05, 3.63) is 137 Å². The number of benzene rings is 3. The van der Waals surface area contributed by atoms with Crippen molar-refractivity contribution in [1.29, 1.82) is 0 Å². The molecule has 4 rings (SSSR count). The topological polar surface area (TPSA) is 9.23 Å². The molecular formula is C35H42OSiTi-. The monoisotopic (exact) mass is 554 g/mol. The van der Waals surface area contributed by atoms with E-state index in [2.05, 4.69) is 114 Å². The molecule has 0 heterocycles. The summed E-state index contributed by atoms with van der Waals surface area (Å²) in [6.07, 6.45) is 12.7. The summed E-state index contributed by atoms with van der Waals surface area (Å²) in [5.74, 6) is 1.73. The van der Waals surface area contributed by atoms with Crippen LogP contribution in [0, 0.1) is 18.4 Å². The molecule has 0 atom stereocenters. The van der Waals surface area contributed by atoms with E-state index >= 15 is 0 Å². The molecule has 3 aromatic carbocycles. The maximum Gasteiger partial charge on any atom is 0.138 e. The van der Waals surface area contributed by atoms with Gasteiger partial charge in [0.15, 0.2) is 0 Å².